The van der Waals surface area contributed by atoms with Crippen LogP contribution in [-0.4, -0.2) is 30.1 Å². The summed E-state index contributed by atoms with van der Waals surface area (Å²) in [5.41, 5.74) is 2.80. The van der Waals surface area contributed by atoms with Crippen LogP contribution in [0.2, 0.25) is 0 Å². The van der Waals surface area contributed by atoms with Crippen molar-refractivity contribution in [2.75, 3.05) is 19.1 Å². The van der Waals surface area contributed by atoms with E-state index in [0.717, 1.165) is 33.4 Å². The Kier molecular flexibility index (Phi) is 4.62. The van der Waals surface area contributed by atoms with Crippen molar-refractivity contribution in [2.45, 2.75) is 31.7 Å². The van der Waals surface area contributed by atoms with Crippen LogP contribution in [-0.2, 0) is 16.8 Å². The molecule has 5 rings (SSSR count). The highest BCUT2D eigenvalue weighted by Crippen LogP contribution is 2.55. The number of rotatable bonds is 4. The molecule has 0 radical (unpaired) electrons. The molecule has 8 heteroatoms. The Labute approximate surface area is 183 Å². The van der Waals surface area contributed by atoms with E-state index < -0.39 is 22.7 Å². The Hall–Kier alpha value is -3.55. The van der Waals surface area contributed by atoms with E-state index in [2.05, 4.69) is 9.97 Å². The lowest BCUT2D eigenvalue weighted by atomic mass is 9.86. The minimum Gasteiger partial charge on any atom is -0.493 e. The number of carbonyl (C=O) groups is 1. The van der Waals surface area contributed by atoms with E-state index in [1.807, 2.05) is 25.1 Å². The van der Waals surface area contributed by atoms with Crippen LogP contribution in [0.15, 0.2) is 36.7 Å². The van der Waals surface area contributed by atoms with E-state index in [-0.39, 0.29) is 24.0 Å². The predicted octanol–water partition coefficient (Wildman–Crippen LogP) is 4.33. The molecule has 0 saturated heterocycles. The number of fused-ring (bicyclic) bond motifs is 2. The van der Waals surface area contributed by atoms with Gasteiger partial charge >= 0.3 is 0 Å². The highest BCUT2D eigenvalue weighted by atomic mass is 19.1. The van der Waals surface area contributed by atoms with Crippen LogP contribution in [0.3, 0.4) is 0 Å². The summed E-state index contributed by atoms with van der Waals surface area (Å²) in [6.07, 6.45) is 4.63. The average molecular weight is 437 g/mol. The summed E-state index contributed by atoms with van der Waals surface area (Å²) in [4.78, 5) is 23.6. The molecular weight excluding hydrogens is 416 g/mol. The lowest BCUT2D eigenvalue weighted by Crippen LogP contribution is -2.45. The first-order valence-electron chi connectivity index (χ1n) is 10.2. The van der Waals surface area contributed by atoms with Gasteiger partial charge in [-0.1, -0.05) is 0 Å². The van der Waals surface area contributed by atoms with Gasteiger partial charge in [0.15, 0.2) is 23.1 Å². The Bertz CT molecular complexity index is 1210. The molecule has 0 unspecified atom stereocenters. The van der Waals surface area contributed by atoms with Crippen molar-refractivity contribution < 1.29 is 23.0 Å². The number of benzene rings is 1. The van der Waals surface area contributed by atoms with Crippen LogP contribution in [0.4, 0.5) is 14.5 Å². The van der Waals surface area contributed by atoms with Gasteiger partial charge in [-0.15, -0.1) is 0 Å². The Morgan fingerprint density at radius 2 is 1.69 bits per heavy atom. The molecule has 6 nitrogen and oxygen atoms in total. The first-order chi connectivity index (χ1) is 15.4. The average Bonchev–Trinajstić information content (AvgIpc) is 3.60. The zero-order valence-electron chi connectivity index (χ0n) is 17.9. The monoisotopic (exact) mass is 437 g/mol. The van der Waals surface area contributed by atoms with Gasteiger partial charge in [-0.3, -0.25) is 14.8 Å². The summed E-state index contributed by atoms with van der Waals surface area (Å²) in [6.45, 7) is 1.90. The highest BCUT2D eigenvalue weighted by molar-refractivity contribution is 6.05. The summed E-state index contributed by atoms with van der Waals surface area (Å²) in [5.74, 6) is -2.59. The third kappa shape index (κ3) is 2.93. The number of nitrogens with zero attached hydrogens (tertiary/aromatic N) is 3. The fraction of sp³-hybridized carbons (Fsp3) is 0.292. The van der Waals surface area contributed by atoms with E-state index in [1.54, 1.807) is 12.4 Å². The second kappa shape index (κ2) is 7.25. The van der Waals surface area contributed by atoms with Gasteiger partial charge in [-0.2, -0.15) is 0 Å². The van der Waals surface area contributed by atoms with Gasteiger partial charge in [0.05, 0.1) is 31.9 Å². The van der Waals surface area contributed by atoms with Crippen molar-refractivity contribution in [3.05, 3.63) is 65.1 Å². The van der Waals surface area contributed by atoms with Gasteiger partial charge in [0, 0.05) is 29.7 Å². The number of aromatic nitrogens is 2. The molecule has 1 aliphatic heterocycles. The molecule has 0 bridgehead atoms. The van der Waals surface area contributed by atoms with Crippen LogP contribution < -0.4 is 14.4 Å². The number of pyridine rings is 2. The van der Waals surface area contributed by atoms with Gasteiger partial charge in [-0.05, 0) is 49.1 Å². The van der Waals surface area contributed by atoms with E-state index in [1.165, 1.54) is 14.2 Å². The molecule has 0 atom stereocenters. The second-order valence-electron chi connectivity index (χ2n) is 8.15. The normalized spacial score (nSPS) is 16.2. The molecule has 2 aliphatic rings. The number of methoxy groups -OCH3 is 2. The maximum atomic E-state index is 15.1. The Morgan fingerprint density at radius 3 is 2.25 bits per heavy atom. The molecule has 3 aromatic rings. The molecule has 1 saturated carbocycles. The zero-order valence-corrected chi connectivity index (χ0v) is 17.9. The number of ether oxygens (including phenoxy) is 2. The van der Waals surface area contributed by atoms with Crippen molar-refractivity contribution in [2.24, 2.45) is 0 Å². The smallest absolute Gasteiger partial charge is 0.238 e. The quantitative estimate of drug-likeness (QED) is 0.608. The largest absolute Gasteiger partial charge is 0.493 e. The third-order valence-electron chi connectivity index (χ3n) is 6.26. The molecule has 1 aromatic carbocycles. The molecule has 1 aliphatic carbocycles. The maximum absolute atomic E-state index is 15.1. The summed E-state index contributed by atoms with van der Waals surface area (Å²) in [6, 6.07) is 6.87. The number of anilines is 1. The molecule has 3 heterocycles. The Balaban J connectivity index is 1.62. The van der Waals surface area contributed by atoms with Gasteiger partial charge in [0.1, 0.15) is 5.69 Å². The second-order valence-corrected chi connectivity index (χ2v) is 8.15. The van der Waals surface area contributed by atoms with Crippen molar-refractivity contribution in [3.63, 3.8) is 0 Å². The van der Waals surface area contributed by atoms with Gasteiger partial charge in [0.25, 0.3) is 0 Å². The molecule has 1 fully saturated rings. The number of amides is 1. The minimum atomic E-state index is -0.936. The minimum absolute atomic E-state index is 0.000490. The van der Waals surface area contributed by atoms with Crippen LogP contribution in [0, 0.1) is 18.6 Å². The summed E-state index contributed by atoms with van der Waals surface area (Å²) >= 11 is 0. The van der Waals surface area contributed by atoms with Crippen LogP contribution >= 0.6 is 0 Å². The van der Waals surface area contributed by atoms with E-state index in [4.69, 9.17) is 9.47 Å². The van der Waals surface area contributed by atoms with Crippen molar-refractivity contribution in [1.82, 2.24) is 9.97 Å². The van der Waals surface area contributed by atoms with Crippen LogP contribution in [0.5, 0.6) is 11.5 Å². The van der Waals surface area contributed by atoms with Gasteiger partial charge in [0.2, 0.25) is 5.91 Å². The fourth-order valence-corrected chi connectivity index (χ4v) is 4.35. The van der Waals surface area contributed by atoms with Crippen molar-refractivity contribution in [1.29, 1.82) is 0 Å². The molecule has 164 valence electrons. The van der Waals surface area contributed by atoms with E-state index in [0.29, 0.717) is 18.5 Å². The number of hydrogen-bond acceptors (Lipinski definition) is 5. The molecule has 1 spiro atoms. The van der Waals surface area contributed by atoms with Crippen LogP contribution in [0.25, 0.3) is 11.3 Å². The van der Waals surface area contributed by atoms with Crippen molar-refractivity contribution in [3.8, 4) is 22.8 Å². The first kappa shape index (κ1) is 20.4. The topological polar surface area (TPSA) is 64.6 Å². The van der Waals surface area contributed by atoms with Crippen LogP contribution in [0.1, 0.15) is 29.7 Å². The lowest BCUT2D eigenvalue weighted by molar-refractivity contribution is -0.121. The SMILES string of the molecule is COc1cc(OC)c(F)c(N2Cc3cnc(-c4ccc(C)nc4)cc3C3(CC3)C2=O)c1F. The number of carbonyl (C=O) groups excluding carboxylic acids is 1. The number of halogens is 2. The summed E-state index contributed by atoms with van der Waals surface area (Å²) < 4.78 is 40.4. The Morgan fingerprint density at radius 1 is 1.00 bits per heavy atom. The molecule has 0 N–H and O–H groups in total. The van der Waals surface area contributed by atoms with E-state index >= 15 is 8.78 Å². The van der Waals surface area contributed by atoms with Crippen molar-refractivity contribution >= 4 is 11.6 Å². The predicted molar refractivity (Wildman–Crippen MR) is 114 cm³/mol. The maximum Gasteiger partial charge on any atom is 0.238 e. The summed E-state index contributed by atoms with van der Waals surface area (Å²) in [7, 11) is 2.56. The fourth-order valence-electron chi connectivity index (χ4n) is 4.35. The third-order valence-corrected chi connectivity index (χ3v) is 6.26. The number of hydrogen-bond donors (Lipinski definition) is 0. The first-order valence-corrected chi connectivity index (χ1v) is 10.2. The zero-order chi connectivity index (χ0) is 22.6. The standard InChI is InChI=1S/C24H21F2N3O3/c1-13-4-5-14(10-27-13)17-8-16-15(11-28-17)12-29(23(30)24(16)6-7-24)22-20(25)18(31-2)9-19(32-3)21(22)26/h4-5,8-11H,6-7,12H2,1-3H3. The lowest BCUT2D eigenvalue weighted by Gasteiger charge is -2.35. The number of aryl methyl sites for hydroxylation is 1. The van der Waals surface area contributed by atoms with Gasteiger partial charge in [-0.25, -0.2) is 8.78 Å². The van der Waals surface area contributed by atoms with Gasteiger partial charge < -0.3 is 14.4 Å². The molecule has 32 heavy (non-hydrogen) atoms. The molecule has 2 aromatic heterocycles. The van der Waals surface area contributed by atoms with E-state index in [9.17, 15) is 4.79 Å². The highest BCUT2D eigenvalue weighted by Gasteiger charge is 2.57. The molecular formula is C24H21F2N3O3. The summed E-state index contributed by atoms with van der Waals surface area (Å²) in [5, 5.41) is 0. The molecule has 1 amide bonds.